The average Bonchev–Trinajstić information content (AvgIpc) is 2.83. The maximum atomic E-state index is 8.88. The van der Waals surface area contributed by atoms with Gasteiger partial charge in [0.05, 0.1) is 23.4 Å². The van der Waals surface area contributed by atoms with Crippen LogP contribution in [0.15, 0.2) is 24.3 Å². The zero-order valence-electron chi connectivity index (χ0n) is 12.0. The molecule has 4 heteroatoms. The van der Waals surface area contributed by atoms with Crippen LogP contribution in [0.25, 0.3) is 11.3 Å². The molecule has 0 saturated carbocycles. The molecule has 0 aliphatic carbocycles. The molecular formula is C16H18IN3. The van der Waals surface area contributed by atoms with E-state index in [1.807, 2.05) is 24.3 Å². The van der Waals surface area contributed by atoms with Crippen LogP contribution in [0.4, 0.5) is 0 Å². The second-order valence-electron chi connectivity index (χ2n) is 4.86. The molecule has 0 radical (unpaired) electrons. The average molecular weight is 379 g/mol. The van der Waals surface area contributed by atoms with Crippen LogP contribution in [0.3, 0.4) is 0 Å². The lowest BCUT2D eigenvalue weighted by Gasteiger charge is -2.10. The van der Waals surface area contributed by atoms with Crippen molar-refractivity contribution < 1.29 is 0 Å². The Hall–Kier alpha value is -1.35. The Balaban J connectivity index is 2.52. The van der Waals surface area contributed by atoms with Gasteiger partial charge in [0.25, 0.3) is 0 Å². The summed E-state index contributed by atoms with van der Waals surface area (Å²) < 4.78 is 3.34. The van der Waals surface area contributed by atoms with Crippen molar-refractivity contribution in [1.82, 2.24) is 9.78 Å². The van der Waals surface area contributed by atoms with Crippen molar-refractivity contribution in [3.63, 3.8) is 0 Å². The summed E-state index contributed by atoms with van der Waals surface area (Å²) in [5, 5.41) is 13.7. The number of aromatic nitrogens is 2. The molecule has 20 heavy (non-hydrogen) atoms. The second kappa shape index (κ2) is 6.40. The molecule has 0 spiro atoms. The largest absolute Gasteiger partial charge is 0.256 e. The van der Waals surface area contributed by atoms with E-state index in [4.69, 9.17) is 10.4 Å². The summed E-state index contributed by atoms with van der Waals surface area (Å²) in [4.78, 5) is 0. The van der Waals surface area contributed by atoms with Crippen molar-refractivity contribution in [3.05, 3.63) is 39.1 Å². The highest BCUT2D eigenvalue weighted by Gasteiger charge is 2.18. The first-order valence-corrected chi connectivity index (χ1v) is 7.97. The summed E-state index contributed by atoms with van der Waals surface area (Å²) >= 11 is 2.39. The molecule has 0 N–H and O–H groups in total. The van der Waals surface area contributed by atoms with E-state index in [2.05, 4.69) is 54.1 Å². The van der Waals surface area contributed by atoms with Crippen LogP contribution in [0.5, 0.6) is 0 Å². The SMILES string of the molecule is CCc1c(-c2ccc(C#N)cc2)nn(C(C)CC)c1I. The molecule has 2 aromatic rings. The fraction of sp³-hybridized carbons (Fsp3) is 0.375. The molecular weight excluding hydrogens is 361 g/mol. The summed E-state index contributed by atoms with van der Waals surface area (Å²) in [6, 6.07) is 10.2. The van der Waals surface area contributed by atoms with E-state index in [0.717, 1.165) is 24.1 Å². The first kappa shape index (κ1) is 15.0. The lowest BCUT2D eigenvalue weighted by atomic mass is 10.1. The predicted octanol–water partition coefficient (Wildman–Crippen LogP) is 4.56. The van der Waals surface area contributed by atoms with E-state index in [-0.39, 0.29) is 0 Å². The summed E-state index contributed by atoms with van der Waals surface area (Å²) in [5.41, 5.74) is 4.10. The normalized spacial score (nSPS) is 12.2. The summed E-state index contributed by atoms with van der Waals surface area (Å²) in [5.74, 6) is 0. The molecule has 0 bridgehead atoms. The van der Waals surface area contributed by atoms with Gasteiger partial charge in [0.2, 0.25) is 0 Å². The smallest absolute Gasteiger partial charge is 0.103 e. The number of benzene rings is 1. The third kappa shape index (κ3) is 2.73. The van der Waals surface area contributed by atoms with E-state index in [0.29, 0.717) is 11.6 Å². The van der Waals surface area contributed by atoms with Crippen molar-refractivity contribution in [2.24, 2.45) is 0 Å². The van der Waals surface area contributed by atoms with Gasteiger partial charge in [0.1, 0.15) is 3.70 Å². The lowest BCUT2D eigenvalue weighted by molar-refractivity contribution is 0.468. The van der Waals surface area contributed by atoms with Crippen LogP contribution in [-0.4, -0.2) is 9.78 Å². The van der Waals surface area contributed by atoms with Crippen molar-refractivity contribution >= 4 is 22.6 Å². The topological polar surface area (TPSA) is 41.6 Å². The van der Waals surface area contributed by atoms with Gasteiger partial charge in [-0.15, -0.1) is 0 Å². The Bertz CT molecular complexity index is 635. The highest BCUT2D eigenvalue weighted by Crippen LogP contribution is 2.29. The van der Waals surface area contributed by atoms with Crippen LogP contribution in [0.1, 0.15) is 44.4 Å². The van der Waals surface area contributed by atoms with Crippen LogP contribution in [0, 0.1) is 15.0 Å². The Morgan fingerprint density at radius 3 is 2.45 bits per heavy atom. The van der Waals surface area contributed by atoms with Gasteiger partial charge in [-0.25, -0.2) is 0 Å². The highest BCUT2D eigenvalue weighted by atomic mass is 127. The summed E-state index contributed by atoms with van der Waals surface area (Å²) in [7, 11) is 0. The van der Waals surface area contributed by atoms with Gasteiger partial charge in [0.15, 0.2) is 0 Å². The van der Waals surface area contributed by atoms with Gasteiger partial charge in [-0.2, -0.15) is 10.4 Å². The maximum Gasteiger partial charge on any atom is 0.103 e. The minimum absolute atomic E-state index is 0.402. The molecule has 1 aromatic carbocycles. The summed E-state index contributed by atoms with van der Waals surface area (Å²) in [6.45, 7) is 6.53. The number of hydrogen-bond donors (Lipinski definition) is 0. The van der Waals surface area contributed by atoms with Gasteiger partial charge < -0.3 is 0 Å². The van der Waals surface area contributed by atoms with E-state index in [1.165, 1.54) is 9.26 Å². The first-order valence-electron chi connectivity index (χ1n) is 6.89. The number of rotatable bonds is 4. The molecule has 1 heterocycles. The second-order valence-corrected chi connectivity index (χ2v) is 5.88. The lowest BCUT2D eigenvalue weighted by Crippen LogP contribution is -2.08. The van der Waals surface area contributed by atoms with Gasteiger partial charge in [-0.3, -0.25) is 4.68 Å². The highest BCUT2D eigenvalue weighted by molar-refractivity contribution is 14.1. The van der Waals surface area contributed by atoms with E-state index < -0.39 is 0 Å². The number of nitrogens with zero attached hydrogens (tertiary/aromatic N) is 3. The molecule has 3 nitrogen and oxygen atoms in total. The van der Waals surface area contributed by atoms with E-state index >= 15 is 0 Å². The third-order valence-electron chi connectivity index (χ3n) is 3.59. The van der Waals surface area contributed by atoms with Crippen LogP contribution >= 0.6 is 22.6 Å². The number of halogens is 1. The fourth-order valence-corrected chi connectivity index (χ4v) is 3.38. The van der Waals surface area contributed by atoms with Crippen molar-refractivity contribution in [2.45, 2.75) is 39.7 Å². The molecule has 1 atom stereocenters. The van der Waals surface area contributed by atoms with E-state index in [9.17, 15) is 0 Å². The Morgan fingerprint density at radius 1 is 1.30 bits per heavy atom. The molecule has 0 saturated heterocycles. The van der Waals surface area contributed by atoms with Crippen molar-refractivity contribution in [2.75, 3.05) is 0 Å². The van der Waals surface area contributed by atoms with Gasteiger partial charge in [-0.05, 0) is 54.5 Å². The maximum absolute atomic E-state index is 8.88. The van der Waals surface area contributed by atoms with Gasteiger partial charge in [-0.1, -0.05) is 26.0 Å². The van der Waals surface area contributed by atoms with Gasteiger partial charge in [0, 0.05) is 11.1 Å². The monoisotopic (exact) mass is 379 g/mol. The van der Waals surface area contributed by atoms with Crippen LogP contribution in [-0.2, 0) is 6.42 Å². The molecule has 1 unspecified atom stereocenters. The van der Waals surface area contributed by atoms with E-state index in [1.54, 1.807) is 0 Å². The minimum Gasteiger partial charge on any atom is -0.256 e. The van der Waals surface area contributed by atoms with Crippen LogP contribution < -0.4 is 0 Å². The molecule has 0 aliphatic rings. The third-order valence-corrected chi connectivity index (χ3v) is 4.74. The molecule has 0 amide bonds. The number of hydrogen-bond acceptors (Lipinski definition) is 2. The van der Waals surface area contributed by atoms with Crippen molar-refractivity contribution in [3.8, 4) is 17.3 Å². The molecule has 0 aliphatic heterocycles. The quantitative estimate of drug-likeness (QED) is 0.731. The Morgan fingerprint density at radius 2 is 1.95 bits per heavy atom. The van der Waals surface area contributed by atoms with Crippen molar-refractivity contribution in [1.29, 1.82) is 5.26 Å². The van der Waals surface area contributed by atoms with Gasteiger partial charge >= 0.3 is 0 Å². The Kier molecular flexibility index (Phi) is 4.81. The minimum atomic E-state index is 0.402. The molecule has 2 rings (SSSR count). The Labute approximate surface area is 133 Å². The molecule has 104 valence electrons. The zero-order chi connectivity index (χ0) is 14.7. The first-order chi connectivity index (χ1) is 9.62. The predicted molar refractivity (Wildman–Crippen MR) is 89.5 cm³/mol. The molecule has 1 aromatic heterocycles. The molecule has 0 fully saturated rings. The fourth-order valence-electron chi connectivity index (χ4n) is 2.16. The number of nitriles is 1. The zero-order valence-corrected chi connectivity index (χ0v) is 14.2. The standard InChI is InChI=1S/C16H18IN3/c1-4-11(3)20-16(17)14(5-2)15(19-20)13-8-6-12(10-18)7-9-13/h6-9,11H,4-5H2,1-3H3. The summed E-state index contributed by atoms with van der Waals surface area (Å²) in [6.07, 6.45) is 2.03. The van der Waals surface area contributed by atoms with Crippen LogP contribution in [0.2, 0.25) is 0 Å².